The number of hydrogen-bond donors (Lipinski definition) is 2. The van der Waals surface area contributed by atoms with Gasteiger partial charge in [-0.05, 0) is 54.6 Å². The van der Waals surface area contributed by atoms with Crippen LogP contribution in [-0.4, -0.2) is 24.9 Å². The Balaban J connectivity index is 1.34. The Hall–Kier alpha value is -4.13. The Bertz CT molecular complexity index is 1120. The summed E-state index contributed by atoms with van der Waals surface area (Å²) in [6, 6.07) is 20.6. The molecule has 2 amide bonds. The molecule has 3 aromatic rings. The van der Waals surface area contributed by atoms with E-state index in [1.165, 1.54) is 0 Å². The molecule has 31 heavy (non-hydrogen) atoms. The molecule has 1 aliphatic heterocycles. The SMILES string of the molecule is COc1ccc(NC(=O)c2ccc(NC(=O)C[C@H]3OC(=O)c4ccccc43)cc2)cc1. The lowest BCUT2D eigenvalue weighted by atomic mass is 10.0. The Labute approximate surface area is 179 Å². The van der Waals surface area contributed by atoms with E-state index in [2.05, 4.69) is 10.6 Å². The maximum atomic E-state index is 12.4. The molecule has 0 saturated heterocycles. The molecule has 0 fully saturated rings. The molecule has 4 rings (SSSR count). The van der Waals surface area contributed by atoms with Crippen molar-refractivity contribution >= 4 is 29.2 Å². The molecule has 3 aromatic carbocycles. The summed E-state index contributed by atoms with van der Waals surface area (Å²) in [6.07, 6.45) is -0.583. The fourth-order valence-corrected chi connectivity index (χ4v) is 3.33. The van der Waals surface area contributed by atoms with Crippen LogP contribution in [0.3, 0.4) is 0 Å². The largest absolute Gasteiger partial charge is 0.497 e. The van der Waals surface area contributed by atoms with Crippen molar-refractivity contribution in [1.29, 1.82) is 0 Å². The van der Waals surface area contributed by atoms with Crippen LogP contribution in [0.1, 0.15) is 38.8 Å². The average Bonchev–Trinajstić information content (AvgIpc) is 3.10. The number of carbonyl (C=O) groups excluding carboxylic acids is 3. The lowest BCUT2D eigenvalue weighted by Gasteiger charge is -2.11. The highest BCUT2D eigenvalue weighted by Gasteiger charge is 2.32. The first-order valence-electron chi connectivity index (χ1n) is 9.69. The molecular weight excluding hydrogens is 396 g/mol. The number of benzene rings is 3. The minimum Gasteiger partial charge on any atom is -0.497 e. The van der Waals surface area contributed by atoms with Crippen LogP contribution in [0.15, 0.2) is 72.8 Å². The van der Waals surface area contributed by atoms with Crippen LogP contribution in [-0.2, 0) is 9.53 Å². The van der Waals surface area contributed by atoms with Crippen molar-refractivity contribution in [2.24, 2.45) is 0 Å². The van der Waals surface area contributed by atoms with Gasteiger partial charge in [-0.3, -0.25) is 9.59 Å². The molecule has 0 spiro atoms. The van der Waals surface area contributed by atoms with Crippen LogP contribution in [0.4, 0.5) is 11.4 Å². The van der Waals surface area contributed by atoms with Crippen molar-refractivity contribution in [1.82, 2.24) is 0 Å². The van der Waals surface area contributed by atoms with Gasteiger partial charge in [0.15, 0.2) is 0 Å². The van der Waals surface area contributed by atoms with Crippen molar-refractivity contribution in [2.45, 2.75) is 12.5 Å². The van der Waals surface area contributed by atoms with Gasteiger partial charge < -0.3 is 20.1 Å². The maximum Gasteiger partial charge on any atom is 0.339 e. The Morgan fingerprint density at radius 1 is 0.903 bits per heavy atom. The molecule has 1 heterocycles. The van der Waals surface area contributed by atoms with E-state index in [4.69, 9.17) is 9.47 Å². The van der Waals surface area contributed by atoms with Crippen molar-refractivity contribution in [3.05, 3.63) is 89.5 Å². The van der Waals surface area contributed by atoms with Gasteiger partial charge in [-0.25, -0.2) is 4.79 Å². The molecule has 1 aliphatic rings. The van der Waals surface area contributed by atoms with Gasteiger partial charge in [-0.1, -0.05) is 18.2 Å². The lowest BCUT2D eigenvalue weighted by Crippen LogP contribution is -2.16. The first kappa shape index (κ1) is 20.2. The molecule has 0 bridgehead atoms. The number of rotatable bonds is 6. The van der Waals surface area contributed by atoms with Gasteiger partial charge in [0.25, 0.3) is 5.91 Å². The number of methoxy groups -OCH3 is 1. The number of esters is 1. The quantitative estimate of drug-likeness (QED) is 0.588. The third kappa shape index (κ3) is 4.56. The van der Waals surface area contributed by atoms with E-state index in [1.54, 1.807) is 79.9 Å². The van der Waals surface area contributed by atoms with Crippen molar-refractivity contribution in [3.63, 3.8) is 0 Å². The number of cyclic esters (lactones) is 1. The van der Waals surface area contributed by atoms with Crippen LogP contribution < -0.4 is 15.4 Å². The van der Waals surface area contributed by atoms with E-state index in [0.29, 0.717) is 33.8 Å². The minimum atomic E-state index is -0.599. The predicted octanol–water partition coefficient (Wildman–Crippen LogP) is 4.19. The summed E-state index contributed by atoms with van der Waals surface area (Å²) in [5.74, 6) is -0.267. The minimum absolute atomic E-state index is 0.0163. The predicted molar refractivity (Wildman–Crippen MR) is 115 cm³/mol. The van der Waals surface area contributed by atoms with Gasteiger partial charge >= 0.3 is 5.97 Å². The summed E-state index contributed by atoms with van der Waals surface area (Å²) in [6.45, 7) is 0. The number of ether oxygens (including phenoxy) is 2. The summed E-state index contributed by atoms with van der Waals surface area (Å²) in [5.41, 5.74) is 2.85. The lowest BCUT2D eigenvalue weighted by molar-refractivity contribution is -0.118. The first-order chi connectivity index (χ1) is 15.0. The molecule has 1 atom stereocenters. The van der Waals surface area contributed by atoms with Crippen LogP contribution in [0, 0.1) is 0 Å². The molecule has 7 heteroatoms. The van der Waals surface area contributed by atoms with Crippen molar-refractivity contribution < 1.29 is 23.9 Å². The van der Waals surface area contributed by atoms with Gasteiger partial charge in [0.1, 0.15) is 11.9 Å². The highest BCUT2D eigenvalue weighted by atomic mass is 16.5. The zero-order valence-electron chi connectivity index (χ0n) is 16.8. The molecule has 7 nitrogen and oxygen atoms in total. The average molecular weight is 416 g/mol. The molecule has 0 aromatic heterocycles. The number of carbonyl (C=O) groups is 3. The Morgan fingerprint density at radius 2 is 1.55 bits per heavy atom. The van der Waals surface area contributed by atoms with Crippen molar-refractivity contribution in [3.8, 4) is 5.75 Å². The summed E-state index contributed by atoms with van der Waals surface area (Å²) >= 11 is 0. The van der Waals surface area contributed by atoms with E-state index < -0.39 is 12.1 Å². The normalized spacial score (nSPS) is 14.4. The maximum absolute atomic E-state index is 12.4. The molecule has 0 saturated carbocycles. The van der Waals surface area contributed by atoms with E-state index in [-0.39, 0.29) is 18.2 Å². The zero-order chi connectivity index (χ0) is 21.8. The topological polar surface area (TPSA) is 93.7 Å². The Morgan fingerprint density at radius 3 is 2.26 bits per heavy atom. The number of anilines is 2. The summed E-state index contributed by atoms with van der Waals surface area (Å²) in [7, 11) is 1.58. The van der Waals surface area contributed by atoms with Gasteiger partial charge in [0, 0.05) is 22.5 Å². The molecular formula is C24H20N2O5. The molecule has 0 radical (unpaired) electrons. The van der Waals surface area contributed by atoms with Crippen LogP contribution >= 0.6 is 0 Å². The number of amides is 2. The summed E-state index contributed by atoms with van der Waals surface area (Å²) in [5, 5.41) is 5.57. The number of nitrogens with one attached hydrogen (secondary N) is 2. The van der Waals surface area contributed by atoms with Gasteiger partial charge in [0.05, 0.1) is 19.1 Å². The Kier molecular flexibility index (Phi) is 5.66. The van der Waals surface area contributed by atoms with Crippen molar-refractivity contribution in [2.75, 3.05) is 17.7 Å². The highest BCUT2D eigenvalue weighted by molar-refractivity contribution is 6.04. The monoisotopic (exact) mass is 416 g/mol. The number of hydrogen-bond acceptors (Lipinski definition) is 5. The highest BCUT2D eigenvalue weighted by Crippen LogP contribution is 2.33. The molecule has 156 valence electrons. The summed E-state index contributed by atoms with van der Waals surface area (Å²) < 4.78 is 10.4. The molecule has 0 aliphatic carbocycles. The summed E-state index contributed by atoms with van der Waals surface area (Å²) in [4.78, 5) is 36.7. The third-order valence-corrected chi connectivity index (χ3v) is 4.93. The molecule has 2 N–H and O–H groups in total. The van der Waals surface area contributed by atoms with Gasteiger partial charge in [0.2, 0.25) is 5.91 Å². The third-order valence-electron chi connectivity index (χ3n) is 4.93. The second-order valence-electron chi connectivity index (χ2n) is 6.99. The second-order valence-corrected chi connectivity index (χ2v) is 6.99. The standard InChI is InChI=1S/C24H20N2O5/c1-30-18-12-10-17(11-13-18)26-23(28)15-6-8-16(9-7-15)25-22(27)14-21-19-4-2-3-5-20(19)24(29)31-21/h2-13,21H,14H2,1H3,(H,25,27)(H,26,28)/t21-/m1/s1. The van der Waals surface area contributed by atoms with Gasteiger partial charge in [-0.2, -0.15) is 0 Å². The zero-order valence-corrected chi connectivity index (χ0v) is 16.8. The number of fused-ring (bicyclic) bond motifs is 1. The van der Waals surface area contributed by atoms with Crippen LogP contribution in [0.5, 0.6) is 5.75 Å². The van der Waals surface area contributed by atoms with E-state index in [0.717, 1.165) is 0 Å². The second kappa shape index (κ2) is 8.71. The first-order valence-corrected chi connectivity index (χ1v) is 9.69. The van der Waals surface area contributed by atoms with E-state index in [1.807, 2.05) is 0 Å². The van der Waals surface area contributed by atoms with Crippen LogP contribution in [0.2, 0.25) is 0 Å². The molecule has 0 unspecified atom stereocenters. The van der Waals surface area contributed by atoms with Gasteiger partial charge in [-0.15, -0.1) is 0 Å². The van der Waals surface area contributed by atoms with Crippen LogP contribution in [0.25, 0.3) is 0 Å². The van der Waals surface area contributed by atoms with E-state index in [9.17, 15) is 14.4 Å². The fraction of sp³-hybridized carbons (Fsp3) is 0.125. The van der Waals surface area contributed by atoms with E-state index >= 15 is 0 Å². The smallest absolute Gasteiger partial charge is 0.339 e. The fourth-order valence-electron chi connectivity index (χ4n) is 3.33.